The van der Waals surface area contributed by atoms with Crippen molar-refractivity contribution < 1.29 is 23.4 Å². The molecule has 0 aromatic heterocycles. The van der Waals surface area contributed by atoms with Crippen LogP contribution in [0.25, 0.3) is 0 Å². The van der Waals surface area contributed by atoms with Crippen LogP contribution in [0.3, 0.4) is 0 Å². The first kappa shape index (κ1) is 18.8. The number of nitrogens with zero attached hydrogens (tertiary/aromatic N) is 1. The summed E-state index contributed by atoms with van der Waals surface area (Å²) in [5.74, 6) is -1.11. The van der Waals surface area contributed by atoms with Crippen LogP contribution in [0.2, 0.25) is 0 Å². The van der Waals surface area contributed by atoms with E-state index in [0.29, 0.717) is 10.7 Å². The SMILES string of the molecule is CC(C)(Cc1ccccc1)C(=O)c1ccc(N2C=C(O)NS2(=O)=O)c(O)c1. The Hall–Kier alpha value is -3.00. The van der Waals surface area contributed by atoms with Crippen molar-refractivity contribution in [2.75, 3.05) is 4.31 Å². The van der Waals surface area contributed by atoms with Crippen LogP contribution in [0.5, 0.6) is 5.75 Å². The summed E-state index contributed by atoms with van der Waals surface area (Å²) in [6.45, 7) is 3.64. The Morgan fingerprint density at radius 1 is 1.11 bits per heavy atom. The number of phenols is 1. The minimum atomic E-state index is -4.02. The summed E-state index contributed by atoms with van der Waals surface area (Å²) >= 11 is 0. The van der Waals surface area contributed by atoms with Crippen molar-refractivity contribution in [3.05, 3.63) is 71.7 Å². The second-order valence-corrected chi connectivity index (χ2v) is 8.54. The van der Waals surface area contributed by atoms with Crippen LogP contribution in [-0.4, -0.2) is 24.4 Å². The lowest BCUT2D eigenvalue weighted by Gasteiger charge is -2.24. The first-order valence-corrected chi connectivity index (χ1v) is 9.69. The fourth-order valence-corrected chi connectivity index (χ4v) is 4.08. The lowest BCUT2D eigenvalue weighted by Crippen LogP contribution is -2.30. The minimum absolute atomic E-state index is 0.0658. The molecule has 1 aliphatic rings. The van der Waals surface area contributed by atoms with Crippen molar-refractivity contribution >= 4 is 21.7 Å². The molecule has 0 saturated carbocycles. The molecule has 0 aliphatic carbocycles. The number of ketones is 1. The number of aliphatic hydroxyl groups is 1. The van der Waals surface area contributed by atoms with Crippen molar-refractivity contribution in [3.8, 4) is 5.75 Å². The monoisotopic (exact) mass is 388 g/mol. The van der Waals surface area contributed by atoms with Crippen LogP contribution in [-0.2, 0) is 16.6 Å². The van der Waals surface area contributed by atoms with Gasteiger partial charge in [-0.15, -0.1) is 0 Å². The second kappa shape index (κ2) is 6.62. The molecule has 8 heteroatoms. The van der Waals surface area contributed by atoms with Crippen molar-refractivity contribution in [1.82, 2.24) is 4.72 Å². The van der Waals surface area contributed by atoms with E-state index in [9.17, 15) is 23.4 Å². The van der Waals surface area contributed by atoms with Gasteiger partial charge in [-0.05, 0) is 30.2 Å². The molecule has 1 aliphatic heterocycles. The predicted molar refractivity (Wildman–Crippen MR) is 102 cm³/mol. The Labute approximate surface area is 157 Å². The molecular weight excluding hydrogens is 368 g/mol. The zero-order valence-electron chi connectivity index (χ0n) is 14.9. The third-order valence-corrected chi connectivity index (χ3v) is 5.60. The van der Waals surface area contributed by atoms with Gasteiger partial charge in [-0.2, -0.15) is 8.42 Å². The predicted octanol–water partition coefficient (Wildman–Crippen LogP) is 2.86. The molecule has 2 aromatic rings. The maximum absolute atomic E-state index is 12.9. The van der Waals surface area contributed by atoms with Crippen molar-refractivity contribution in [1.29, 1.82) is 0 Å². The third kappa shape index (κ3) is 3.75. The minimum Gasteiger partial charge on any atom is -0.506 e. The topological polar surface area (TPSA) is 107 Å². The van der Waals surface area contributed by atoms with E-state index in [2.05, 4.69) is 0 Å². The highest BCUT2D eigenvalue weighted by Crippen LogP contribution is 2.35. The van der Waals surface area contributed by atoms with Gasteiger partial charge in [0.1, 0.15) is 11.4 Å². The molecule has 0 amide bonds. The Kier molecular flexibility index (Phi) is 4.61. The van der Waals surface area contributed by atoms with E-state index >= 15 is 0 Å². The van der Waals surface area contributed by atoms with Gasteiger partial charge in [-0.3, -0.25) is 4.79 Å². The Bertz CT molecular complexity index is 1010. The summed E-state index contributed by atoms with van der Waals surface area (Å²) in [6.07, 6.45) is 1.46. The van der Waals surface area contributed by atoms with Gasteiger partial charge in [0.25, 0.3) is 0 Å². The lowest BCUT2D eigenvalue weighted by molar-refractivity contribution is 0.0837. The molecule has 0 spiro atoms. The molecule has 1 heterocycles. The smallest absolute Gasteiger partial charge is 0.330 e. The Morgan fingerprint density at radius 2 is 1.78 bits per heavy atom. The number of hydrogen-bond donors (Lipinski definition) is 3. The summed E-state index contributed by atoms with van der Waals surface area (Å²) < 4.78 is 26.5. The average Bonchev–Trinajstić information content (AvgIpc) is 2.86. The number of hydrogen-bond acceptors (Lipinski definition) is 5. The first-order chi connectivity index (χ1) is 12.6. The highest BCUT2D eigenvalue weighted by Gasteiger charge is 2.33. The normalized spacial score (nSPS) is 15.9. The Balaban J connectivity index is 1.88. The van der Waals surface area contributed by atoms with Crippen LogP contribution in [0.1, 0.15) is 29.8 Å². The fraction of sp³-hybridized carbons (Fsp3) is 0.211. The summed E-state index contributed by atoms with van der Waals surface area (Å²) in [5.41, 5.74) is 0.514. The van der Waals surface area contributed by atoms with Gasteiger partial charge in [0, 0.05) is 11.0 Å². The summed E-state index contributed by atoms with van der Waals surface area (Å²) in [6, 6.07) is 13.6. The third-order valence-electron chi connectivity index (χ3n) is 4.31. The molecule has 3 rings (SSSR count). The number of Topliss-reactive ketones (excluding diaryl/α,β-unsaturated/α-hetero) is 1. The highest BCUT2D eigenvalue weighted by molar-refractivity contribution is 7.91. The molecule has 0 saturated heterocycles. The molecule has 0 radical (unpaired) electrons. The standard InChI is InChI=1S/C19H20N2O5S/c1-19(2,11-13-6-4-3-5-7-13)18(24)14-8-9-15(16(22)10-14)21-12-17(23)20-27(21,25)26/h3-10,12,20,22-23H,11H2,1-2H3. The van der Waals surface area contributed by atoms with Gasteiger partial charge >= 0.3 is 10.2 Å². The van der Waals surface area contributed by atoms with E-state index in [-0.39, 0.29) is 22.8 Å². The molecule has 3 N–H and O–H groups in total. The van der Waals surface area contributed by atoms with Crippen LogP contribution in [0, 0.1) is 5.41 Å². The fourth-order valence-electron chi connectivity index (χ4n) is 3.02. The highest BCUT2D eigenvalue weighted by atomic mass is 32.2. The number of nitrogens with one attached hydrogen (secondary N) is 1. The van der Waals surface area contributed by atoms with Gasteiger partial charge < -0.3 is 10.2 Å². The number of phenolic OH excluding ortho intramolecular Hbond substituents is 1. The van der Waals surface area contributed by atoms with Gasteiger partial charge in [0.15, 0.2) is 5.78 Å². The summed E-state index contributed by atoms with van der Waals surface area (Å²) in [4.78, 5) is 12.9. The zero-order chi connectivity index (χ0) is 19.8. The number of carbonyl (C=O) groups excluding carboxylic acids is 1. The largest absolute Gasteiger partial charge is 0.506 e. The molecule has 27 heavy (non-hydrogen) atoms. The van der Waals surface area contributed by atoms with Crippen molar-refractivity contribution in [3.63, 3.8) is 0 Å². The second-order valence-electron chi connectivity index (χ2n) is 7.00. The van der Waals surface area contributed by atoms with Crippen molar-refractivity contribution in [2.45, 2.75) is 20.3 Å². The van der Waals surface area contributed by atoms with Gasteiger partial charge in [-0.1, -0.05) is 44.2 Å². The van der Waals surface area contributed by atoms with Gasteiger partial charge in [0.2, 0.25) is 5.88 Å². The zero-order valence-corrected chi connectivity index (χ0v) is 15.7. The number of carbonyl (C=O) groups is 1. The van der Waals surface area contributed by atoms with E-state index in [4.69, 9.17) is 0 Å². The van der Waals surface area contributed by atoms with E-state index in [1.54, 1.807) is 0 Å². The molecule has 0 fully saturated rings. The number of aromatic hydroxyl groups is 1. The quantitative estimate of drug-likeness (QED) is 0.683. The van der Waals surface area contributed by atoms with E-state index < -0.39 is 21.5 Å². The Morgan fingerprint density at radius 3 is 2.33 bits per heavy atom. The van der Waals surface area contributed by atoms with Gasteiger partial charge in [-0.25, -0.2) is 9.03 Å². The van der Waals surface area contributed by atoms with Crippen LogP contribution in [0.15, 0.2) is 60.6 Å². The molecule has 2 aromatic carbocycles. The lowest BCUT2D eigenvalue weighted by atomic mass is 9.79. The molecule has 142 valence electrons. The van der Waals surface area contributed by atoms with Crippen LogP contribution >= 0.6 is 0 Å². The van der Waals surface area contributed by atoms with E-state index in [0.717, 1.165) is 11.8 Å². The van der Waals surface area contributed by atoms with E-state index in [1.165, 1.54) is 18.2 Å². The van der Waals surface area contributed by atoms with Crippen LogP contribution < -0.4 is 9.03 Å². The number of benzene rings is 2. The maximum Gasteiger partial charge on any atom is 0.330 e. The van der Waals surface area contributed by atoms with Gasteiger partial charge in [0.05, 0.1) is 6.20 Å². The van der Waals surface area contributed by atoms with Crippen molar-refractivity contribution in [2.24, 2.45) is 5.41 Å². The summed E-state index contributed by atoms with van der Waals surface area (Å²) in [7, 11) is -4.02. The number of anilines is 1. The maximum atomic E-state index is 12.9. The molecule has 0 unspecified atom stereocenters. The first-order valence-electron chi connectivity index (χ1n) is 8.25. The number of aliphatic hydroxyl groups excluding tert-OH is 1. The molecular formula is C19H20N2O5S. The molecule has 0 atom stereocenters. The van der Waals surface area contributed by atoms with E-state index in [1.807, 2.05) is 48.9 Å². The molecule has 7 nitrogen and oxygen atoms in total. The number of rotatable bonds is 5. The van der Waals surface area contributed by atoms with Crippen LogP contribution in [0.4, 0.5) is 5.69 Å². The molecule has 0 bridgehead atoms. The summed E-state index contributed by atoms with van der Waals surface area (Å²) in [5, 5.41) is 19.6. The average molecular weight is 388 g/mol.